The van der Waals surface area contributed by atoms with Gasteiger partial charge in [-0.2, -0.15) is 0 Å². The van der Waals surface area contributed by atoms with Crippen molar-refractivity contribution in [3.8, 4) is 0 Å². The highest BCUT2D eigenvalue weighted by molar-refractivity contribution is 7.45. The van der Waals surface area contributed by atoms with E-state index in [0.29, 0.717) is 23.9 Å². The minimum absolute atomic E-state index is 0.0380. The Hall–Kier alpha value is -2.03. The van der Waals surface area contributed by atoms with Crippen molar-refractivity contribution in [1.29, 1.82) is 0 Å². The average molecular weight is 754 g/mol. The molecule has 0 aromatic carbocycles. The summed E-state index contributed by atoms with van der Waals surface area (Å²) in [6, 6.07) is 0. The molecular formula is C42H76NO8P. The third-order valence-electron chi connectivity index (χ3n) is 8.33. The van der Waals surface area contributed by atoms with Gasteiger partial charge < -0.3 is 27.9 Å². The zero-order valence-corrected chi connectivity index (χ0v) is 34.6. The molecule has 0 N–H and O–H groups in total. The quantitative estimate of drug-likeness (QED) is 0.0204. The molecule has 0 aromatic heterocycles. The summed E-state index contributed by atoms with van der Waals surface area (Å²) in [6.45, 7) is 4.05. The fourth-order valence-electron chi connectivity index (χ4n) is 5.13. The van der Waals surface area contributed by atoms with Crippen LogP contribution in [0.2, 0.25) is 0 Å². The molecule has 0 radical (unpaired) electrons. The molecule has 9 nitrogen and oxygen atoms in total. The number of phosphoric acid groups is 1. The molecule has 0 aromatic rings. The Labute approximate surface area is 318 Å². The van der Waals surface area contributed by atoms with E-state index in [9.17, 15) is 19.0 Å². The van der Waals surface area contributed by atoms with E-state index in [-0.39, 0.29) is 26.1 Å². The maximum atomic E-state index is 12.6. The van der Waals surface area contributed by atoms with E-state index >= 15 is 0 Å². The standard InChI is InChI=1S/C42H76NO8P/c1-6-8-10-12-14-16-18-20-21-23-24-26-28-30-32-34-41(44)48-38-40(39-50-52(46,47)49-37-36-43(3,4)5)51-42(45)35-33-31-29-27-25-22-19-17-15-13-11-9-7-2/h8,10,14,16,20-22,25,40H,6-7,9,11-13,15,17-19,23-24,26-39H2,1-5H3/b10-8+,16-14+,21-20+,25-22+/t40-/m1/s1. The maximum Gasteiger partial charge on any atom is 0.306 e. The van der Waals surface area contributed by atoms with Gasteiger partial charge >= 0.3 is 11.9 Å². The van der Waals surface area contributed by atoms with Crippen LogP contribution >= 0.6 is 7.82 Å². The number of phosphoric ester groups is 1. The van der Waals surface area contributed by atoms with Crippen molar-refractivity contribution >= 4 is 19.8 Å². The maximum absolute atomic E-state index is 12.6. The molecule has 0 bridgehead atoms. The van der Waals surface area contributed by atoms with Gasteiger partial charge in [-0.3, -0.25) is 14.2 Å². The van der Waals surface area contributed by atoms with Crippen molar-refractivity contribution in [3.63, 3.8) is 0 Å². The van der Waals surface area contributed by atoms with Gasteiger partial charge in [0.15, 0.2) is 6.10 Å². The van der Waals surface area contributed by atoms with Crippen LogP contribution < -0.4 is 4.89 Å². The summed E-state index contributed by atoms with van der Waals surface area (Å²) < 4.78 is 33.8. The Morgan fingerprint density at radius 1 is 0.615 bits per heavy atom. The first kappa shape index (κ1) is 50.0. The first-order chi connectivity index (χ1) is 25.0. The van der Waals surface area contributed by atoms with Crippen molar-refractivity contribution in [2.75, 3.05) is 47.5 Å². The highest BCUT2D eigenvalue weighted by Gasteiger charge is 2.21. The van der Waals surface area contributed by atoms with Crippen LogP contribution in [0.4, 0.5) is 0 Å². The highest BCUT2D eigenvalue weighted by atomic mass is 31.2. The number of hydrogen-bond acceptors (Lipinski definition) is 8. The number of rotatable bonds is 36. The Kier molecular flexibility index (Phi) is 33.4. The van der Waals surface area contributed by atoms with E-state index < -0.39 is 32.5 Å². The van der Waals surface area contributed by atoms with Gasteiger partial charge in [0.1, 0.15) is 19.8 Å². The molecular weight excluding hydrogens is 677 g/mol. The van der Waals surface area contributed by atoms with Crippen LogP contribution in [0.1, 0.15) is 155 Å². The lowest BCUT2D eigenvalue weighted by atomic mass is 10.1. The van der Waals surface area contributed by atoms with Gasteiger partial charge in [0, 0.05) is 12.8 Å². The van der Waals surface area contributed by atoms with Crippen LogP contribution in [0.15, 0.2) is 48.6 Å². The van der Waals surface area contributed by atoms with Gasteiger partial charge in [-0.25, -0.2) is 0 Å². The number of ether oxygens (including phenoxy) is 2. The van der Waals surface area contributed by atoms with E-state index in [1.165, 1.54) is 38.5 Å². The monoisotopic (exact) mass is 754 g/mol. The number of carbonyl (C=O) groups is 2. The van der Waals surface area contributed by atoms with E-state index in [0.717, 1.165) is 77.0 Å². The van der Waals surface area contributed by atoms with Gasteiger partial charge in [-0.15, -0.1) is 0 Å². The van der Waals surface area contributed by atoms with Crippen LogP contribution in [-0.2, 0) is 32.7 Å². The van der Waals surface area contributed by atoms with Gasteiger partial charge in [0.2, 0.25) is 0 Å². The van der Waals surface area contributed by atoms with Crippen LogP contribution in [0.25, 0.3) is 0 Å². The smallest absolute Gasteiger partial charge is 0.306 e. The summed E-state index contributed by atoms with van der Waals surface area (Å²) in [6.07, 6.45) is 38.5. The van der Waals surface area contributed by atoms with Crippen LogP contribution in [0.3, 0.4) is 0 Å². The minimum Gasteiger partial charge on any atom is -0.756 e. The van der Waals surface area contributed by atoms with E-state index in [1.807, 2.05) is 21.1 Å². The Morgan fingerprint density at radius 2 is 1.10 bits per heavy atom. The zero-order chi connectivity index (χ0) is 38.6. The lowest BCUT2D eigenvalue weighted by Crippen LogP contribution is -2.37. The number of nitrogens with zero attached hydrogens (tertiary/aromatic N) is 1. The van der Waals surface area contributed by atoms with Crippen molar-refractivity contribution in [2.45, 2.75) is 161 Å². The predicted octanol–water partition coefficient (Wildman–Crippen LogP) is 10.5. The first-order valence-electron chi connectivity index (χ1n) is 20.3. The lowest BCUT2D eigenvalue weighted by Gasteiger charge is -2.28. The fraction of sp³-hybridized carbons (Fsp3) is 0.762. The van der Waals surface area contributed by atoms with Gasteiger partial charge in [0.25, 0.3) is 7.82 Å². The molecule has 52 heavy (non-hydrogen) atoms. The number of unbranched alkanes of at least 4 members (excludes halogenated alkanes) is 14. The van der Waals surface area contributed by atoms with Gasteiger partial charge in [-0.1, -0.05) is 120 Å². The number of quaternary nitrogens is 1. The summed E-state index contributed by atoms with van der Waals surface area (Å²) in [4.78, 5) is 37.4. The van der Waals surface area contributed by atoms with E-state index in [2.05, 4.69) is 62.5 Å². The molecule has 1 unspecified atom stereocenters. The molecule has 0 aliphatic heterocycles. The summed E-state index contributed by atoms with van der Waals surface area (Å²) in [5, 5.41) is 0. The normalized spacial score (nSPS) is 14.2. The average Bonchev–Trinajstić information content (AvgIpc) is 3.09. The third-order valence-corrected chi connectivity index (χ3v) is 9.30. The topological polar surface area (TPSA) is 111 Å². The summed E-state index contributed by atoms with van der Waals surface area (Å²) in [5.74, 6) is -0.877. The molecule has 0 saturated heterocycles. The van der Waals surface area contributed by atoms with E-state index in [1.54, 1.807) is 0 Å². The second-order valence-electron chi connectivity index (χ2n) is 14.6. The van der Waals surface area contributed by atoms with Crippen LogP contribution in [0.5, 0.6) is 0 Å². The molecule has 0 rings (SSSR count). The van der Waals surface area contributed by atoms with Gasteiger partial charge in [-0.05, 0) is 70.6 Å². The molecule has 2 atom stereocenters. The Balaban J connectivity index is 4.46. The lowest BCUT2D eigenvalue weighted by molar-refractivity contribution is -0.870. The number of hydrogen-bond donors (Lipinski definition) is 0. The molecule has 302 valence electrons. The van der Waals surface area contributed by atoms with Crippen molar-refractivity contribution in [2.24, 2.45) is 0 Å². The number of esters is 2. The first-order valence-corrected chi connectivity index (χ1v) is 21.8. The number of likely N-dealkylation sites (N-methyl/N-ethyl adjacent to an activating group) is 1. The summed E-state index contributed by atoms with van der Waals surface area (Å²) in [5.41, 5.74) is 0. The van der Waals surface area contributed by atoms with Crippen LogP contribution in [-0.4, -0.2) is 70.0 Å². The number of allylic oxidation sites excluding steroid dienone is 8. The summed E-state index contributed by atoms with van der Waals surface area (Å²) in [7, 11) is 1.14. The number of carbonyl (C=O) groups excluding carboxylic acids is 2. The van der Waals surface area contributed by atoms with Crippen molar-refractivity contribution in [1.82, 2.24) is 0 Å². The third kappa shape index (κ3) is 37.7. The second-order valence-corrected chi connectivity index (χ2v) is 16.0. The highest BCUT2D eigenvalue weighted by Crippen LogP contribution is 2.38. The molecule has 0 amide bonds. The second kappa shape index (κ2) is 34.7. The molecule has 0 fully saturated rings. The molecule has 0 aliphatic carbocycles. The molecule has 0 heterocycles. The van der Waals surface area contributed by atoms with Crippen LogP contribution in [0, 0.1) is 0 Å². The summed E-state index contributed by atoms with van der Waals surface area (Å²) >= 11 is 0. The fourth-order valence-corrected chi connectivity index (χ4v) is 5.86. The Morgan fingerprint density at radius 3 is 1.67 bits per heavy atom. The molecule has 0 spiro atoms. The molecule has 0 saturated carbocycles. The van der Waals surface area contributed by atoms with E-state index in [4.69, 9.17) is 18.5 Å². The minimum atomic E-state index is -4.63. The van der Waals surface area contributed by atoms with Crippen molar-refractivity contribution < 1.29 is 42.1 Å². The van der Waals surface area contributed by atoms with Gasteiger partial charge in [0.05, 0.1) is 27.7 Å². The molecule has 0 aliphatic rings. The SMILES string of the molecule is CC/C=C/C/C=C/C/C=C/CCCCCCCC(=O)OC[C@H](COP(=O)([O-])OCC[N+](C)(C)C)OC(=O)CCCCC/C=C/CCCCCCCC. The Bertz CT molecular complexity index is 1030. The molecule has 10 heteroatoms. The largest absolute Gasteiger partial charge is 0.756 e. The zero-order valence-electron chi connectivity index (χ0n) is 33.7. The predicted molar refractivity (Wildman–Crippen MR) is 213 cm³/mol. The van der Waals surface area contributed by atoms with Crippen molar-refractivity contribution in [3.05, 3.63) is 48.6 Å².